The van der Waals surface area contributed by atoms with Gasteiger partial charge in [0.05, 0.1) is 19.3 Å². The van der Waals surface area contributed by atoms with Gasteiger partial charge in [-0.3, -0.25) is 0 Å². The molecule has 0 fully saturated rings. The molecule has 0 aromatic heterocycles. The third-order valence-corrected chi connectivity index (χ3v) is 4.76. The minimum absolute atomic E-state index is 0.00879. The number of hydrogen-bond acceptors (Lipinski definition) is 2. The Kier molecular flexibility index (Phi) is 4.96. The molecule has 2 nitrogen and oxygen atoms in total. The van der Waals surface area contributed by atoms with E-state index in [9.17, 15) is 0 Å². The van der Waals surface area contributed by atoms with Crippen LogP contribution in [0.1, 0.15) is 16.7 Å². The minimum atomic E-state index is -0.677. The van der Waals surface area contributed by atoms with Crippen molar-refractivity contribution in [1.29, 1.82) is 0 Å². The molecule has 0 saturated carbocycles. The lowest BCUT2D eigenvalue weighted by Crippen LogP contribution is -2.35. The van der Waals surface area contributed by atoms with Gasteiger partial charge < -0.3 is 9.47 Å². The van der Waals surface area contributed by atoms with Gasteiger partial charge in [-0.25, -0.2) is 0 Å². The van der Waals surface area contributed by atoms with Crippen LogP contribution in [0.5, 0.6) is 0 Å². The maximum Gasteiger partial charge on any atom is 0.143 e. The zero-order chi connectivity index (χ0) is 17.7. The van der Waals surface area contributed by atoms with E-state index in [0.29, 0.717) is 13.2 Å². The standard InChI is InChI=1S/C24H22O2/c1-4-11-20(12-5-1)24(21-13-6-2-7-14-21,22-15-8-3-9-16-22)26-19-23-17-10-18-25-23/h1-17,23H,18-19H2/t23-/m1/s1. The summed E-state index contributed by atoms with van der Waals surface area (Å²) in [4.78, 5) is 0. The smallest absolute Gasteiger partial charge is 0.143 e. The minimum Gasteiger partial charge on any atom is -0.368 e. The summed E-state index contributed by atoms with van der Waals surface area (Å²) in [6.07, 6.45) is 4.11. The largest absolute Gasteiger partial charge is 0.368 e. The average Bonchev–Trinajstić information content (AvgIpc) is 3.25. The fourth-order valence-corrected chi connectivity index (χ4v) is 3.52. The first kappa shape index (κ1) is 16.8. The summed E-state index contributed by atoms with van der Waals surface area (Å²) in [5.74, 6) is 0. The SMILES string of the molecule is C1=C[C@H](COC(c2ccccc2)(c2ccccc2)c2ccccc2)OC1. The Labute approximate surface area is 154 Å². The van der Waals surface area contributed by atoms with Crippen molar-refractivity contribution in [3.05, 3.63) is 120 Å². The molecule has 0 unspecified atom stereocenters. The highest BCUT2D eigenvalue weighted by molar-refractivity contribution is 5.47. The van der Waals surface area contributed by atoms with Crippen molar-refractivity contribution in [2.75, 3.05) is 13.2 Å². The first-order chi connectivity index (χ1) is 12.9. The second-order valence-electron chi connectivity index (χ2n) is 6.39. The van der Waals surface area contributed by atoms with Crippen LogP contribution in [0, 0.1) is 0 Å². The van der Waals surface area contributed by atoms with E-state index in [1.54, 1.807) is 0 Å². The number of benzene rings is 3. The molecule has 3 aromatic rings. The molecule has 1 heterocycles. The van der Waals surface area contributed by atoms with Crippen LogP contribution in [0.25, 0.3) is 0 Å². The summed E-state index contributed by atoms with van der Waals surface area (Å²) >= 11 is 0. The van der Waals surface area contributed by atoms with E-state index in [1.807, 2.05) is 24.3 Å². The van der Waals surface area contributed by atoms with Crippen LogP contribution < -0.4 is 0 Å². The molecule has 1 aliphatic heterocycles. The fourth-order valence-electron chi connectivity index (χ4n) is 3.52. The predicted molar refractivity (Wildman–Crippen MR) is 104 cm³/mol. The van der Waals surface area contributed by atoms with Crippen molar-refractivity contribution < 1.29 is 9.47 Å². The maximum absolute atomic E-state index is 6.70. The van der Waals surface area contributed by atoms with Crippen molar-refractivity contribution in [3.8, 4) is 0 Å². The molecule has 130 valence electrons. The molecule has 2 heteroatoms. The molecule has 1 atom stereocenters. The summed E-state index contributed by atoms with van der Waals surface area (Å²) in [5, 5.41) is 0. The fraction of sp³-hybridized carbons (Fsp3) is 0.167. The van der Waals surface area contributed by atoms with Gasteiger partial charge in [-0.1, -0.05) is 103 Å². The second-order valence-corrected chi connectivity index (χ2v) is 6.39. The Balaban J connectivity index is 1.86. The molecule has 4 rings (SSSR count). The molecule has 1 aliphatic rings. The van der Waals surface area contributed by atoms with Gasteiger partial charge in [0.25, 0.3) is 0 Å². The normalized spacial score (nSPS) is 16.7. The predicted octanol–water partition coefficient (Wildman–Crippen LogP) is 4.95. The van der Waals surface area contributed by atoms with Gasteiger partial charge in [-0.05, 0) is 16.7 Å². The van der Waals surface area contributed by atoms with Crippen molar-refractivity contribution in [2.24, 2.45) is 0 Å². The highest BCUT2D eigenvalue weighted by atomic mass is 16.5. The number of ether oxygens (including phenoxy) is 2. The van der Waals surface area contributed by atoms with E-state index >= 15 is 0 Å². The summed E-state index contributed by atoms with van der Waals surface area (Å²) in [6.45, 7) is 1.15. The molecule has 0 amide bonds. The summed E-state index contributed by atoms with van der Waals surface area (Å²) in [6, 6.07) is 31.3. The Morgan fingerprint density at radius 3 is 1.58 bits per heavy atom. The first-order valence-corrected chi connectivity index (χ1v) is 8.98. The van der Waals surface area contributed by atoms with Crippen molar-refractivity contribution >= 4 is 0 Å². The van der Waals surface area contributed by atoms with Gasteiger partial charge in [-0.2, -0.15) is 0 Å². The van der Waals surface area contributed by atoms with Crippen LogP contribution in [-0.2, 0) is 15.1 Å². The lowest BCUT2D eigenvalue weighted by atomic mass is 9.80. The van der Waals surface area contributed by atoms with E-state index in [2.05, 4.69) is 78.9 Å². The van der Waals surface area contributed by atoms with Gasteiger partial charge in [0.2, 0.25) is 0 Å². The number of rotatable bonds is 6. The van der Waals surface area contributed by atoms with E-state index in [4.69, 9.17) is 9.47 Å². The third kappa shape index (κ3) is 3.22. The van der Waals surface area contributed by atoms with E-state index in [-0.39, 0.29) is 6.10 Å². The molecule has 0 saturated heterocycles. The van der Waals surface area contributed by atoms with Crippen molar-refractivity contribution in [1.82, 2.24) is 0 Å². The van der Waals surface area contributed by atoms with Crippen LogP contribution in [0.3, 0.4) is 0 Å². The molecule has 0 spiro atoms. The molecule has 0 radical (unpaired) electrons. The Morgan fingerprint density at radius 1 is 0.731 bits per heavy atom. The monoisotopic (exact) mass is 342 g/mol. The van der Waals surface area contributed by atoms with Crippen LogP contribution in [0.4, 0.5) is 0 Å². The van der Waals surface area contributed by atoms with E-state index in [1.165, 1.54) is 0 Å². The van der Waals surface area contributed by atoms with Gasteiger partial charge in [0.1, 0.15) is 5.60 Å². The molecule has 0 bridgehead atoms. The van der Waals surface area contributed by atoms with Crippen LogP contribution in [-0.4, -0.2) is 19.3 Å². The Bertz CT molecular complexity index is 744. The highest BCUT2D eigenvalue weighted by Crippen LogP contribution is 2.40. The molecular weight excluding hydrogens is 320 g/mol. The summed E-state index contributed by atoms with van der Waals surface area (Å²) < 4.78 is 12.4. The third-order valence-electron chi connectivity index (χ3n) is 4.76. The molecule has 26 heavy (non-hydrogen) atoms. The summed E-state index contributed by atoms with van der Waals surface area (Å²) in [5.41, 5.74) is 2.65. The van der Waals surface area contributed by atoms with Gasteiger partial charge >= 0.3 is 0 Å². The quantitative estimate of drug-likeness (QED) is 0.466. The topological polar surface area (TPSA) is 18.5 Å². The lowest BCUT2D eigenvalue weighted by Gasteiger charge is -2.36. The maximum atomic E-state index is 6.70. The zero-order valence-corrected chi connectivity index (χ0v) is 14.6. The first-order valence-electron chi connectivity index (χ1n) is 8.98. The van der Waals surface area contributed by atoms with Gasteiger partial charge in [0.15, 0.2) is 0 Å². The van der Waals surface area contributed by atoms with Crippen molar-refractivity contribution in [3.63, 3.8) is 0 Å². The van der Waals surface area contributed by atoms with E-state index < -0.39 is 5.60 Å². The molecule has 3 aromatic carbocycles. The Morgan fingerprint density at radius 2 is 1.19 bits per heavy atom. The van der Waals surface area contributed by atoms with Gasteiger partial charge in [-0.15, -0.1) is 0 Å². The summed E-state index contributed by atoms with van der Waals surface area (Å²) in [7, 11) is 0. The molecule has 0 N–H and O–H groups in total. The second kappa shape index (κ2) is 7.69. The highest BCUT2D eigenvalue weighted by Gasteiger charge is 2.38. The molecule has 0 aliphatic carbocycles. The molecular formula is C24H22O2. The lowest BCUT2D eigenvalue weighted by molar-refractivity contribution is -0.0376. The van der Waals surface area contributed by atoms with Crippen molar-refractivity contribution in [2.45, 2.75) is 11.7 Å². The van der Waals surface area contributed by atoms with Crippen LogP contribution >= 0.6 is 0 Å². The zero-order valence-electron chi connectivity index (χ0n) is 14.6. The van der Waals surface area contributed by atoms with E-state index in [0.717, 1.165) is 16.7 Å². The Hall–Kier alpha value is -2.68. The van der Waals surface area contributed by atoms with Crippen LogP contribution in [0.15, 0.2) is 103 Å². The van der Waals surface area contributed by atoms with Crippen LogP contribution in [0.2, 0.25) is 0 Å². The van der Waals surface area contributed by atoms with Gasteiger partial charge in [0, 0.05) is 0 Å². The average molecular weight is 342 g/mol. The number of hydrogen-bond donors (Lipinski definition) is 0.